The van der Waals surface area contributed by atoms with Gasteiger partial charge >= 0.3 is 6.03 Å². The second-order valence-corrected chi connectivity index (χ2v) is 8.22. The molecular weight excluding hydrogens is 490 g/mol. The number of urea groups is 1. The number of nitrogens with zero attached hydrogens (tertiary/aromatic N) is 3. The predicted octanol–water partition coefficient (Wildman–Crippen LogP) is 2.75. The van der Waals surface area contributed by atoms with Crippen molar-refractivity contribution in [2.24, 2.45) is 0 Å². The third-order valence-corrected chi connectivity index (χ3v) is 5.57. The van der Waals surface area contributed by atoms with Gasteiger partial charge in [-0.1, -0.05) is 18.7 Å². The molecule has 38 heavy (non-hydrogen) atoms. The van der Waals surface area contributed by atoms with Gasteiger partial charge in [0.2, 0.25) is 0 Å². The van der Waals surface area contributed by atoms with E-state index < -0.39 is 6.03 Å². The monoisotopic (exact) mass is 519 g/mol. The van der Waals surface area contributed by atoms with Crippen LogP contribution in [0.5, 0.6) is 11.5 Å². The lowest BCUT2D eigenvalue weighted by Crippen LogP contribution is -2.27. The summed E-state index contributed by atoms with van der Waals surface area (Å²) < 4.78 is 17.6. The lowest BCUT2D eigenvalue weighted by Gasteiger charge is -2.19. The Bertz CT molecular complexity index is 1430. The molecule has 0 fully saturated rings. The molecule has 0 radical (unpaired) electrons. The van der Waals surface area contributed by atoms with E-state index in [4.69, 9.17) is 19.9 Å². The van der Waals surface area contributed by atoms with Gasteiger partial charge in [-0.2, -0.15) is 5.10 Å². The molecule has 1 aliphatic rings. The molecule has 12 heteroatoms. The number of methoxy groups -OCH3 is 1. The summed E-state index contributed by atoms with van der Waals surface area (Å²) in [5.41, 5.74) is 9.14. The lowest BCUT2D eigenvalue weighted by molar-refractivity contribution is 0.0937. The van der Waals surface area contributed by atoms with E-state index >= 15 is 0 Å². The number of fused-ring (bicyclic) bond motifs is 2. The van der Waals surface area contributed by atoms with E-state index in [-0.39, 0.29) is 11.7 Å². The first kappa shape index (κ1) is 26.2. The summed E-state index contributed by atoms with van der Waals surface area (Å²) in [6.45, 7) is 7.26. The van der Waals surface area contributed by atoms with E-state index in [1.54, 1.807) is 56.7 Å². The fourth-order valence-electron chi connectivity index (χ4n) is 3.83. The second-order valence-electron chi connectivity index (χ2n) is 8.22. The zero-order valence-corrected chi connectivity index (χ0v) is 21.1. The molecule has 0 aliphatic carbocycles. The average Bonchev–Trinajstić information content (AvgIpc) is 3.30. The van der Waals surface area contributed by atoms with Crippen molar-refractivity contribution in [1.29, 1.82) is 0 Å². The van der Waals surface area contributed by atoms with E-state index in [1.807, 2.05) is 0 Å². The number of hydrogen-bond acceptors (Lipinski definition) is 8. The Morgan fingerprint density at radius 2 is 2.03 bits per heavy atom. The normalized spacial score (nSPS) is 13.2. The van der Waals surface area contributed by atoms with Crippen molar-refractivity contribution < 1.29 is 23.8 Å². The third kappa shape index (κ3) is 5.93. The molecule has 0 saturated carbocycles. The van der Waals surface area contributed by atoms with Gasteiger partial charge in [-0.15, -0.1) is 0 Å². The molecule has 0 unspecified atom stereocenters. The maximum Gasteiger partial charge on any atom is 0.323 e. The van der Waals surface area contributed by atoms with Crippen LogP contribution in [0.1, 0.15) is 22.8 Å². The standard InChI is InChI=1S/C26H29N7O5/c1-4-17(22-19(25(34)28-9-10-36-3)14-33-23(22)24(27)29-15-30-33)6-5-16(2)31-26(35)32-18-7-8-20-21(13-18)38-12-11-37-20/h4-8,13-15H,1,9-12H2,2-3H3,(H,28,34)(H2,27,29,30)(H2,31,32,35)/b16-5+,17-6+. The number of benzene rings is 1. The van der Waals surface area contributed by atoms with Gasteiger partial charge in [0.1, 0.15) is 25.1 Å². The van der Waals surface area contributed by atoms with Crippen molar-refractivity contribution in [3.63, 3.8) is 0 Å². The average molecular weight is 520 g/mol. The Morgan fingerprint density at radius 3 is 2.79 bits per heavy atom. The number of nitrogen functional groups attached to an aromatic ring is 1. The lowest BCUT2D eigenvalue weighted by atomic mass is 10.0. The smallest absolute Gasteiger partial charge is 0.323 e. The summed E-state index contributed by atoms with van der Waals surface area (Å²) in [5, 5.41) is 12.5. The Morgan fingerprint density at radius 1 is 1.24 bits per heavy atom. The largest absolute Gasteiger partial charge is 0.486 e. The molecule has 1 aromatic carbocycles. The van der Waals surface area contributed by atoms with Gasteiger partial charge in [0.05, 0.1) is 12.2 Å². The van der Waals surface area contributed by atoms with Gasteiger partial charge in [0, 0.05) is 42.9 Å². The Kier molecular flexibility index (Phi) is 8.23. The van der Waals surface area contributed by atoms with Gasteiger partial charge in [-0.3, -0.25) is 4.79 Å². The van der Waals surface area contributed by atoms with Crippen LogP contribution in [-0.4, -0.2) is 60.0 Å². The van der Waals surface area contributed by atoms with E-state index in [0.29, 0.717) is 71.5 Å². The number of anilines is 2. The molecule has 2 aromatic heterocycles. The molecule has 198 valence electrons. The van der Waals surface area contributed by atoms with Gasteiger partial charge < -0.3 is 35.9 Å². The molecule has 1 aliphatic heterocycles. The number of nitrogens with one attached hydrogen (secondary N) is 3. The summed E-state index contributed by atoms with van der Waals surface area (Å²) in [6.07, 6.45) is 7.89. The van der Waals surface area contributed by atoms with Crippen molar-refractivity contribution in [3.05, 3.63) is 72.4 Å². The van der Waals surface area contributed by atoms with Crippen LogP contribution in [0.15, 0.2) is 61.2 Å². The van der Waals surface area contributed by atoms with Crippen LogP contribution in [0.3, 0.4) is 0 Å². The van der Waals surface area contributed by atoms with Gasteiger partial charge in [-0.05, 0) is 30.7 Å². The fourth-order valence-corrected chi connectivity index (χ4v) is 3.83. The minimum absolute atomic E-state index is 0.205. The Balaban J connectivity index is 1.55. The number of nitrogens with two attached hydrogens (primary N) is 1. The van der Waals surface area contributed by atoms with Gasteiger partial charge in [0.15, 0.2) is 17.3 Å². The first-order chi connectivity index (χ1) is 18.4. The second kappa shape index (κ2) is 11.9. The number of rotatable bonds is 9. The summed E-state index contributed by atoms with van der Waals surface area (Å²) in [4.78, 5) is 29.6. The third-order valence-electron chi connectivity index (χ3n) is 5.57. The van der Waals surface area contributed by atoms with Gasteiger partial charge in [-0.25, -0.2) is 14.3 Å². The van der Waals surface area contributed by atoms with E-state index in [0.717, 1.165) is 0 Å². The van der Waals surface area contributed by atoms with Crippen molar-refractivity contribution in [3.8, 4) is 11.5 Å². The van der Waals surface area contributed by atoms with Crippen LogP contribution in [0.25, 0.3) is 11.1 Å². The van der Waals surface area contributed by atoms with Crippen LogP contribution in [0.2, 0.25) is 0 Å². The summed E-state index contributed by atoms with van der Waals surface area (Å²) in [7, 11) is 1.55. The summed E-state index contributed by atoms with van der Waals surface area (Å²) in [6, 6.07) is 4.74. The van der Waals surface area contributed by atoms with Crippen molar-refractivity contribution in [2.75, 3.05) is 44.5 Å². The minimum Gasteiger partial charge on any atom is -0.486 e. The molecule has 0 spiro atoms. The number of hydrogen-bond donors (Lipinski definition) is 4. The molecule has 0 atom stereocenters. The first-order valence-electron chi connectivity index (χ1n) is 11.8. The number of allylic oxidation sites excluding steroid dienone is 5. The van der Waals surface area contributed by atoms with Crippen molar-refractivity contribution >= 4 is 34.5 Å². The maximum atomic E-state index is 13.0. The first-order valence-corrected chi connectivity index (χ1v) is 11.8. The maximum absolute atomic E-state index is 13.0. The highest BCUT2D eigenvalue weighted by Gasteiger charge is 2.21. The van der Waals surface area contributed by atoms with Crippen LogP contribution >= 0.6 is 0 Å². The minimum atomic E-state index is -0.436. The topological polar surface area (TPSA) is 154 Å². The molecule has 0 bridgehead atoms. The molecule has 3 aromatic rings. The van der Waals surface area contributed by atoms with Crippen LogP contribution in [0, 0.1) is 0 Å². The number of amides is 3. The molecule has 3 amide bonds. The fraction of sp³-hybridized carbons (Fsp3) is 0.231. The van der Waals surface area contributed by atoms with Crippen LogP contribution in [-0.2, 0) is 4.74 Å². The summed E-state index contributed by atoms with van der Waals surface area (Å²) in [5.74, 6) is 1.09. The zero-order valence-electron chi connectivity index (χ0n) is 21.1. The summed E-state index contributed by atoms with van der Waals surface area (Å²) >= 11 is 0. The number of carbonyl (C=O) groups is 2. The van der Waals surface area contributed by atoms with Crippen LogP contribution in [0.4, 0.5) is 16.3 Å². The van der Waals surface area contributed by atoms with E-state index in [9.17, 15) is 9.59 Å². The van der Waals surface area contributed by atoms with Gasteiger partial charge in [0.25, 0.3) is 5.91 Å². The molecule has 0 saturated heterocycles. The van der Waals surface area contributed by atoms with E-state index in [1.165, 1.54) is 10.8 Å². The molecule has 3 heterocycles. The number of ether oxygens (including phenoxy) is 3. The number of aromatic nitrogens is 3. The molecule has 5 N–H and O–H groups in total. The van der Waals surface area contributed by atoms with Crippen molar-refractivity contribution in [1.82, 2.24) is 25.2 Å². The molecule has 4 rings (SSSR count). The van der Waals surface area contributed by atoms with Crippen LogP contribution < -0.4 is 31.2 Å². The Hall–Kier alpha value is -4.84. The van der Waals surface area contributed by atoms with E-state index in [2.05, 4.69) is 32.6 Å². The zero-order chi connectivity index (χ0) is 27.1. The highest BCUT2D eigenvalue weighted by atomic mass is 16.6. The SMILES string of the molecule is C=C/C(=C\C=C(/C)NC(=O)Nc1ccc2c(c1)OCCO2)c1c(C(=O)NCCOC)cn2ncnc(N)c12. The predicted molar refractivity (Wildman–Crippen MR) is 143 cm³/mol. The molecule has 12 nitrogen and oxygen atoms in total. The quantitative estimate of drug-likeness (QED) is 0.249. The number of carbonyl (C=O) groups excluding carboxylic acids is 2. The highest BCUT2D eigenvalue weighted by molar-refractivity contribution is 6.05. The molecular formula is C26H29N7O5. The highest BCUT2D eigenvalue weighted by Crippen LogP contribution is 2.33. The Labute approximate surface area is 219 Å². The van der Waals surface area contributed by atoms with Crippen molar-refractivity contribution in [2.45, 2.75) is 6.92 Å².